The molecule has 0 atom stereocenters. The SMILES string of the molecule is CC[C-]=O.[CH2-]CCC.[Mg+2]. The second kappa shape index (κ2) is 23.7. The Labute approximate surface area is 74.4 Å². The fourth-order valence-corrected chi connectivity index (χ4v) is 0. The second-order valence-corrected chi connectivity index (χ2v) is 1.35. The van der Waals surface area contributed by atoms with Gasteiger partial charge in [-0.3, -0.25) is 6.29 Å². The Hall–Kier alpha value is 0.436. The summed E-state index contributed by atoms with van der Waals surface area (Å²) in [4.78, 5) is 9.05. The third kappa shape index (κ3) is 58.9. The van der Waals surface area contributed by atoms with Gasteiger partial charge in [-0.15, -0.1) is 0 Å². The van der Waals surface area contributed by atoms with E-state index in [-0.39, 0.29) is 23.1 Å². The Kier molecular flexibility index (Phi) is 42.7. The second-order valence-electron chi connectivity index (χ2n) is 1.35. The fourth-order valence-electron chi connectivity index (χ4n) is 0. The maximum Gasteiger partial charge on any atom is 2.00 e. The number of unbranched alkanes of at least 4 members (excludes halogenated alkanes) is 1. The summed E-state index contributed by atoms with van der Waals surface area (Å²) < 4.78 is 0. The molecule has 0 fully saturated rings. The van der Waals surface area contributed by atoms with E-state index in [9.17, 15) is 0 Å². The van der Waals surface area contributed by atoms with Crippen molar-refractivity contribution in [2.45, 2.75) is 33.1 Å². The van der Waals surface area contributed by atoms with E-state index in [0.717, 1.165) is 6.42 Å². The van der Waals surface area contributed by atoms with E-state index in [1.165, 1.54) is 6.42 Å². The molecule has 0 saturated heterocycles. The van der Waals surface area contributed by atoms with Gasteiger partial charge >= 0.3 is 23.1 Å². The van der Waals surface area contributed by atoms with Crippen molar-refractivity contribution >= 4 is 29.3 Å². The molecule has 0 aromatic rings. The molecule has 0 spiro atoms. The van der Waals surface area contributed by atoms with Crippen molar-refractivity contribution in [2.75, 3.05) is 0 Å². The van der Waals surface area contributed by atoms with Crippen molar-refractivity contribution in [3.8, 4) is 0 Å². The number of rotatable bonds is 2. The van der Waals surface area contributed by atoms with Gasteiger partial charge < -0.3 is 11.7 Å². The van der Waals surface area contributed by atoms with Crippen LogP contribution in [0.4, 0.5) is 0 Å². The fraction of sp³-hybridized carbons (Fsp3) is 0.714. The van der Waals surface area contributed by atoms with Crippen LogP contribution >= 0.6 is 0 Å². The zero-order chi connectivity index (χ0) is 6.83. The first-order chi connectivity index (χ1) is 3.83. The van der Waals surface area contributed by atoms with E-state index >= 15 is 0 Å². The summed E-state index contributed by atoms with van der Waals surface area (Å²) in [7, 11) is 0. The van der Waals surface area contributed by atoms with Crippen molar-refractivity contribution < 1.29 is 4.79 Å². The summed E-state index contributed by atoms with van der Waals surface area (Å²) in [5.74, 6) is 0. The molecule has 2 heteroatoms. The maximum absolute atomic E-state index is 9.05. The Bertz CT molecular complexity index is 35.9. The molecular formula is C7H14MgO. The Morgan fingerprint density at radius 1 is 1.44 bits per heavy atom. The quantitative estimate of drug-likeness (QED) is 0.420. The van der Waals surface area contributed by atoms with Gasteiger partial charge in [0.1, 0.15) is 0 Å². The van der Waals surface area contributed by atoms with E-state index in [2.05, 4.69) is 13.8 Å². The molecule has 0 amide bonds. The minimum Gasteiger partial charge on any atom is -0.542 e. The molecule has 0 N–H and O–H groups in total. The van der Waals surface area contributed by atoms with Gasteiger partial charge in [-0.25, -0.2) is 0 Å². The van der Waals surface area contributed by atoms with Gasteiger partial charge in [0.15, 0.2) is 0 Å². The zero-order valence-electron chi connectivity index (χ0n) is 6.44. The molecule has 0 aliphatic rings. The minimum atomic E-state index is 0. The van der Waals surface area contributed by atoms with E-state index < -0.39 is 0 Å². The van der Waals surface area contributed by atoms with Crippen LogP contribution in [0.5, 0.6) is 0 Å². The van der Waals surface area contributed by atoms with Crippen molar-refractivity contribution in [3.63, 3.8) is 0 Å². The van der Waals surface area contributed by atoms with Gasteiger partial charge in [0.05, 0.1) is 0 Å². The van der Waals surface area contributed by atoms with Gasteiger partial charge in [0.25, 0.3) is 0 Å². The van der Waals surface area contributed by atoms with Crippen LogP contribution in [-0.4, -0.2) is 29.3 Å². The third-order valence-electron chi connectivity index (χ3n) is 0.498. The maximum atomic E-state index is 9.05. The van der Waals surface area contributed by atoms with Crippen LogP contribution in [0.25, 0.3) is 0 Å². The Morgan fingerprint density at radius 3 is 1.67 bits per heavy atom. The smallest absolute Gasteiger partial charge is 0.542 e. The topological polar surface area (TPSA) is 17.1 Å². The molecule has 9 heavy (non-hydrogen) atoms. The molecular weight excluding hydrogens is 124 g/mol. The summed E-state index contributed by atoms with van der Waals surface area (Å²) >= 11 is 0. The molecule has 1 nitrogen and oxygen atoms in total. The van der Waals surface area contributed by atoms with Crippen molar-refractivity contribution in [2.24, 2.45) is 0 Å². The first kappa shape index (κ1) is 16.2. The van der Waals surface area contributed by atoms with Gasteiger partial charge in [-0.05, 0) is 0 Å². The molecule has 0 heterocycles. The van der Waals surface area contributed by atoms with Crippen LogP contribution in [-0.2, 0) is 4.79 Å². The summed E-state index contributed by atoms with van der Waals surface area (Å²) in [6, 6.07) is 0. The minimum absolute atomic E-state index is 0. The molecule has 0 aliphatic heterocycles. The summed E-state index contributed by atoms with van der Waals surface area (Å²) in [6.07, 6.45) is 4.47. The predicted octanol–water partition coefficient (Wildman–Crippen LogP) is 1.75. The van der Waals surface area contributed by atoms with E-state index in [0.29, 0.717) is 6.42 Å². The summed E-state index contributed by atoms with van der Waals surface area (Å²) in [6.45, 7) is 7.48. The average molecular weight is 138 g/mol. The number of hydrogen-bond donors (Lipinski definition) is 0. The molecule has 0 aromatic heterocycles. The standard InChI is InChI=1S/C4H9.C3H5O.Mg/c1-3-4-2;1-2-3-4;/h1,3-4H2,2H3;2H2,1H3;/q2*-1;+2. The first-order valence-electron chi connectivity index (χ1n) is 2.97. The predicted molar refractivity (Wildman–Crippen MR) is 42.0 cm³/mol. The van der Waals surface area contributed by atoms with Gasteiger partial charge in [-0.2, -0.15) is 12.8 Å². The largest absolute Gasteiger partial charge is 2.00 e. The van der Waals surface area contributed by atoms with Gasteiger partial charge in [-0.1, -0.05) is 20.3 Å². The molecule has 0 aromatic carbocycles. The molecule has 0 radical (unpaired) electrons. The van der Waals surface area contributed by atoms with Crippen LogP contribution in [0.2, 0.25) is 0 Å². The Balaban J connectivity index is -0.0000000720. The average Bonchev–Trinajstić information content (AvgIpc) is 1.88. The monoisotopic (exact) mass is 138 g/mol. The van der Waals surface area contributed by atoms with Gasteiger partial charge in [0.2, 0.25) is 0 Å². The molecule has 0 saturated carbocycles. The van der Waals surface area contributed by atoms with Crippen molar-refractivity contribution in [1.82, 2.24) is 0 Å². The molecule has 50 valence electrons. The summed E-state index contributed by atoms with van der Waals surface area (Å²) in [5.41, 5.74) is 0. The van der Waals surface area contributed by atoms with Crippen LogP contribution in [0.15, 0.2) is 0 Å². The van der Waals surface area contributed by atoms with Crippen LogP contribution in [0, 0.1) is 6.92 Å². The number of carbonyl (C=O) groups excluding carboxylic acids is 1. The van der Waals surface area contributed by atoms with E-state index in [4.69, 9.17) is 4.79 Å². The first-order valence-corrected chi connectivity index (χ1v) is 2.97. The number of hydrogen-bond acceptors (Lipinski definition) is 1. The van der Waals surface area contributed by atoms with Gasteiger partial charge in [0, 0.05) is 0 Å². The summed E-state index contributed by atoms with van der Waals surface area (Å²) in [5, 5.41) is 0. The van der Waals surface area contributed by atoms with Crippen LogP contribution < -0.4 is 0 Å². The molecule has 0 bridgehead atoms. The molecule has 0 unspecified atom stereocenters. The van der Waals surface area contributed by atoms with E-state index in [1.54, 1.807) is 13.2 Å². The van der Waals surface area contributed by atoms with E-state index in [1.807, 2.05) is 0 Å². The van der Waals surface area contributed by atoms with Crippen LogP contribution in [0.1, 0.15) is 33.1 Å². The van der Waals surface area contributed by atoms with Crippen molar-refractivity contribution in [3.05, 3.63) is 6.92 Å². The van der Waals surface area contributed by atoms with Crippen molar-refractivity contribution in [1.29, 1.82) is 0 Å². The normalized spacial score (nSPS) is 6.11. The zero-order valence-corrected chi connectivity index (χ0v) is 7.86. The molecule has 0 rings (SSSR count). The Morgan fingerprint density at radius 2 is 1.67 bits per heavy atom. The third-order valence-corrected chi connectivity index (χ3v) is 0.498. The van der Waals surface area contributed by atoms with Crippen LogP contribution in [0.3, 0.4) is 0 Å². The molecule has 0 aliphatic carbocycles.